The van der Waals surface area contributed by atoms with Crippen LogP contribution in [0.3, 0.4) is 0 Å². The van der Waals surface area contributed by atoms with Gasteiger partial charge in [-0.2, -0.15) is 33.3 Å². The van der Waals surface area contributed by atoms with Gasteiger partial charge in [-0.3, -0.25) is 4.90 Å². The Morgan fingerprint density at radius 1 is 1.05 bits per heavy atom. The maximum absolute atomic E-state index is 13.8. The summed E-state index contributed by atoms with van der Waals surface area (Å²) in [5.74, 6) is 0.389. The van der Waals surface area contributed by atoms with Gasteiger partial charge in [0, 0.05) is 13.1 Å². The fourth-order valence-corrected chi connectivity index (χ4v) is 5.19. The van der Waals surface area contributed by atoms with E-state index in [9.17, 15) is 13.2 Å². The van der Waals surface area contributed by atoms with Gasteiger partial charge in [0.2, 0.25) is 0 Å². The molecule has 2 aromatic carbocycles. The molecule has 0 saturated carbocycles. The summed E-state index contributed by atoms with van der Waals surface area (Å²) in [4.78, 5) is 4.36. The number of rotatable bonds is 9. The average Bonchev–Trinajstić information content (AvgIpc) is 3.55. The fourth-order valence-electron chi connectivity index (χ4n) is 5.19. The van der Waals surface area contributed by atoms with Gasteiger partial charge in [0.05, 0.1) is 30.0 Å². The van der Waals surface area contributed by atoms with Crippen molar-refractivity contribution in [3.05, 3.63) is 82.4 Å². The van der Waals surface area contributed by atoms with E-state index < -0.39 is 11.7 Å². The van der Waals surface area contributed by atoms with Crippen LogP contribution in [0.15, 0.2) is 48.5 Å². The van der Waals surface area contributed by atoms with Gasteiger partial charge in [0.15, 0.2) is 5.82 Å². The van der Waals surface area contributed by atoms with Crippen molar-refractivity contribution in [2.75, 3.05) is 20.6 Å². The number of aryl methyl sites for hydroxylation is 1. The van der Waals surface area contributed by atoms with E-state index in [1.165, 1.54) is 4.68 Å². The highest BCUT2D eigenvalue weighted by molar-refractivity contribution is 5.85. The summed E-state index contributed by atoms with van der Waals surface area (Å²) >= 11 is 0. The first kappa shape index (κ1) is 33.4. The van der Waals surface area contributed by atoms with E-state index in [0.29, 0.717) is 24.5 Å². The van der Waals surface area contributed by atoms with E-state index in [1.807, 2.05) is 37.2 Å². The quantitative estimate of drug-likeness (QED) is 0.279. The zero-order chi connectivity index (χ0) is 28.3. The molecule has 228 valence electrons. The smallest absolute Gasteiger partial charge is 0.372 e. The zero-order valence-corrected chi connectivity index (χ0v) is 25.1. The van der Waals surface area contributed by atoms with E-state index in [2.05, 4.69) is 48.0 Å². The number of nitrogens with one attached hydrogen (secondary N) is 1. The average molecular weight is 629 g/mol. The number of aromatic nitrogens is 7. The second kappa shape index (κ2) is 14.4. The number of hydrogen-bond acceptors (Lipinski definition) is 8. The SMILES string of the molecule is Cc1nnnn1-c1cc(CO[C@H]2CCCN(Cc3n[nH]nc3CN(C)C)[C@H]2c2ccccc2)cc(C(F)(F)F)c1.Cl.Cl. The van der Waals surface area contributed by atoms with Crippen molar-refractivity contribution in [3.8, 4) is 5.69 Å². The second-order valence-electron chi connectivity index (χ2n) is 10.3. The fraction of sp³-hybridized carbons (Fsp3) is 0.444. The number of alkyl halides is 3. The number of aromatic amines is 1. The van der Waals surface area contributed by atoms with Crippen molar-refractivity contribution in [3.63, 3.8) is 0 Å². The van der Waals surface area contributed by atoms with Gasteiger partial charge in [0.1, 0.15) is 11.4 Å². The summed E-state index contributed by atoms with van der Waals surface area (Å²) in [6.45, 7) is 3.71. The Morgan fingerprint density at radius 2 is 1.79 bits per heavy atom. The van der Waals surface area contributed by atoms with Crippen LogP contribution in [-0.4, -0.2) is 72.2 Å². The highest BCUT2D eigenvalue weighted by atomic mass is 35.5. The molecule has 15 heteroatoms. The first-order valence-electron chi connectivity index (χ1n) is 13.1. The zero-order valence-electron chi connectivity index (χ0n) is 23.5. The molecule has 1 fully saturated rings. The van der Waals surface area contributed by atoms with E-state index in [-0.39, 0.29) is 49.3 Å². The maximum atomic E-state index is 13.8. The van der Waals surface area contributed by atoms with Gasteiger partial charge in [-0.05, 0) is 80.2 Å². The van der Waals surface area contributed by atoms with E-state index >= 15 is 0 Å². The van der Waals surface area contributed by atoms with Crippen LogP contribution in [0.4, 0.5) is 13.2 Å². The molecular formula is C27H34Cl2F3N9O. The Balaban J connectivity index is 0.00000242. The second-order valence-corrected chi connectivity index (χ2v) is 10.3. The molecule has 0 amide bonds. The highest BCUT2D eigenvalue weighted by Crippen LogP contribution is 2.36. The van der Waals surface area contributed by atoms with Gasteiger partial charge in [-0.15, -0.1) is 29.9 Å². The molecule has 10 nitrogen and oxygen atoms in total. The largest absolute Gasteiger partial charge is 0.416 e. The first-order chi connectivity index (χ1) is 19.2. The normalized spacial score (nSPS) is 17.6. The van der Waals surface area contributed by atoms with Crippen molar-refractivity contribution in [2.24, 2.45) is 0 Å². The van der Waals surface area contributed by atoms with Crippen molar-refractivity contribution in [2.45, 2.75) is 57.8 Å². The Morgan fingerprint density at radius 3 is 2.45 bits per heavy atom. The molecule has 0 unspecified atom stereocenters. The molecule has 1 N–H and O–H groups in total. The minimum absolute atomic E-state index is 0. The van der Waals surface area contributed by atoms with E-state index in [0.717, 1.165) is 48.5 Å². The third kappa shape index (κ3) is 7.84. The number of halogens is 5. The number of hydrogen-bond donors (Lipinski definition) is 1. The van der Waals surface area contributed by atoms with Crippen LogP contribution in [0.2, 0.25) is 0 Å². The molecule has 1 aliphatic rings. The van der Waals surface area contributed by atoms with Crippen LogP contribution >= 0.6 is 24.8 Å². The summed E-state index contributed by atoms with van der Waals surface area (Å²) in [6.07, 6.45) is -3.11. The molecule has 0 radical (unpaired) electrons. The molecule has 4 aromatic rings. The minimum atomic E-state index is -4.53. The summed E-state index contributed by atoms with van der Waals surface area (Å²) in [5, 5.41) is 22.7. The molecule has 2 atom stereocenters. The molecule has 0 spiro atoms. The van der Waals surface area contributed by atoms with E-state index in [1.54, 1.807) is 13.0 Å². The number of benzene rings is 2. The van der Waals surface area contributed by atoms with Crippen molar-refractivity contribution < 1.29 is 17.9 Å². The third-order valence-electron chi connectivity index (χ3n) is 6.98. The van der Waals surface area contributed by atoms with Crippen LogP contribution in [0.25, 0.3) is 5.69 Å². The van der Waals surface area contributed by atoms with Crippen LogP contribution < -0.4 is 0 Å². The number of nitrogens with zero attached hydrogens (tertiary/aromatic N) is 8. The Bertz CT molecular complexity index is 1420. The Kier molecular flexibility index (Phi) is 11.4. The monoisotopic (exact) mass is 627 g/mol. The molecule has 42 heavy (non-hydrogen) atoms. The summed E-state index contributed by atoms with van der Waals surface area (Å²) in [5.41, 5.74) is 2.69. The molecular weight excluding hydrogens is 594 g/mol. The molecule has 3 heterocycles. The lowest BCUT2D eigenvalue weighted by Gasteiger charge is -2.41. The standard InChI is InChI=1S/C27H32F3N9O.2ClH/c1-18-31-35-36-39(18)22-13-19(12-21(14-22)27(28,29)30)17-40-25-10-7-11-38(26(25)20-8-5-4-6-9-20)16-24-23(15-37(2)3)32-34-33-24;;/h4-6,8-9,12-14,25-26H,7,10-11,15-17H2,1-3H3,(H,32,33,34);2*1H/t25-,26-;;/m0../s1. The number of tetrazole rings is 1. The van der Waals surface area contributed by atoms with Crippen LogP contribution in [0.5, 0.6) is 0 Å². The molecule has 5 rings (SSSR count). The Hall–Kier alpha value is -3.10. The predicted molar refractivity (Wildman–Crippen MR) is 155 cm³/mol. The topological polar surface area (TPSA) is 101 Å². The van der Waals surface area contributed by atoms with Gasteiger partial charge >= 0.3 is 6.18 Å². The molecule has 0 bridgehead atoms. The molecule has 2 aromatic heterocycles. The number of H-pyrrole nitrogens is 1. The maximum Gasteiger partial charge on any atom is 0.416 e. The number of piperidine rings is 1. The van der Waals surface area contributed by atoms with Gasteiger partial charge in [0.25, 0.3) is 0 Å². The van der Waals surface area contributed by atoms with Gasteiger partial charge in [-0.1, -0.05) is 30.3 Å². The summed E-state index contributed by atoms with van der Waals surface area (Å²) in [6, 6.07) is 13.8. The lowest BCUT2D eigenvalue weighted by atomic mass is 9.92. The number of ether oxygens (including phenoxy) is 1. The first-order valence-corrected chi connectivity index (χ1v) is 13.1. The van der Waals surface area contributed by atoms with Crippen molar-refractivity contribution >= 4 is 24.8 Å². The van der Waals surface area contributed by atoms with Gasteiger partial charge in [-0.25, -0.2) is 0 Å². The van der Waals surface area contributed by atoms with Crippen LogP contribution in [0, 0.1) is 6.92 Å². The minimum Gasteiger partial charge on any atom is -0.372 e. The lowest BCUT2D eigenvalue weighted by molar-refractivity contribution is -0.137. The van der Waals surface area contributed by atoms with Crippen molar-refractivity contribution in [1.29, 1.82) is 0 Å². The van der Waals surface area contributed by atoms with Crippen LogP contribution in [0.1, 0.15) is 52.8 Å². The third-order valence-corrected chi connectivity index (χ3v) is 6.98. The summed E-state index contributed by atoms with van der Waals surface area (Å²) < 4.78 is 49.1. The molecule has 1 saturated heterocycles. The highest BCUT2D eigenvalue weighted by Gasteiger charge is 2.35. The summed E-state index contributed by atoms with van der Waals surface area (Å²) in [7, 11) is 3.96. The van der Waals surface area contributed by atoms with Crippen molar-refractivity contribution in [1.82, 2.24) is 45.4 Å². The molecule has 0 aliphatic carbocycles. The lowest BCUT2D eigenvalue weighted by Crippen LogP contribution is -2.42. The molecule has 1 aliphatic heterocycles. The number of likely N-dealkylation sites (tertiary alicyclic amines) is 1. The van der Waals surface area contributed by atoms with Crippen LogP contribution in [-0.2, 0) is 30.6 Å². The van der Waals surface area contributed by atoms with E-state index in [4.69, 9.17) is 4.74 Å². The Labute approximate surface area is 254 Å². The predicted octanol–water partition coefficient (Wildman–Crippen LogP) is 4.94. The van der Waals surface area contributed by atoms with Gasteiger partial charge < -0.3 is 9.64 Å².